The molecule has 2 aromatic rings. The number of hydrogen-bond acceptors (Lipinski definition) is 2. The molecule has 0 aliphatic heterocycles. The van der Waals surface area contributed by atoms with Crippen molar-refractivity contribution in [1.82, 2.24) is 0 Å². The lowest BCUT2D eigenvalue weighted by Gasteiger charge is -2.11. The van der Waals surface area contributed by atoms with Crippen molar-refractivity contribution in [3.63, 3.8) is 0 Å². The van der Waals surface area contributed by atoms with Crippen molar-refractivity contribution < 1.29 is 4.74 Å². The van der Waals surface area contributed by atoms with E-state index < -0.39 is 0 Å². The van der Waals surface area contributed by atoms with Crippen LogP contribution < -0.4 is 10.5 Å². The zero-order chi connectivity index (χ0) is 12.4. The Hall–Kier alpha value is -1.96. The Morgan fingerprint density at radius 2 is 1.72 bits per heavy atom. The molecule has 0 fully saturated rings. The van der Waals surface area contributed by atoms with Gasteiger partial charge < -0.3 is 10.5 Å². The third-order valence-electron chi connectivity index (χ3n) is 3.46. The average molecular weight is 239 g/mol. The molecule has 0 amide bonds. The van der Waals surface area contributed by atoms with Crippen LogP contribution in [0.1, 0.15) is 23.1 Å². The summed E-state index contributed by atoms with van der Waals surface area (Å²) in [6.07, 6.45) is 3.53. The number of nitrogens with two attached hydrogens (primary N) is 1. The Bertz CT molecular complexity index is 549. The van der Waals surface area contributed by atoms with Gasteiger partial charge in [-0.2, -0.15) is 0 Å². The summed E-state index contributed by atoms with van der Waals surface area (Å²) in [5.74, 6) is 0.819. The SMILES string of the molecule is Nc1cc2c(cc1OCc1ccccc1)CCC2. The Morgan fingerprint density at radius 1 is 1.00 bits per heavy atom. The molecular formula is C16H17NO. The lowest BCUT2D eigenvalue weighted by molar-refractivity contribution is 0.307. The molecule has 92 valence electrons. The third kappa shape index (κ3) is 2.19. The Kier molecular flexibility index (Phi) is 2.93. The fraction of sp³-hybridized carbons (Fsp3) is 0.250. The van der Waals surface area contributed by atoms with Crippen molar-refractivity contribution in [3.05, 3.63) is 59.2 Å². The number of aryl methyl sites for hydroxylation is 2. The van der Waals surface area contributed by atoms with Crippen molar-refractivity contribution in [2.45, 2.75) is 25.9 Å². The molecule has 0 bridgehead atoms. The molecule has 0 aromatic heterocycles. The fourth-order valence-electron chi connectivity index (χ4n) is 2.48. The Morgan fingerprint density at radius 3 is 2.50 bits per heavy atom. The molecule has 1 aliphatic rings. The molecule has 3 rings (SSSR count). The molecule has 2 heteroatoms. The lowest BCUT2D eigenvalue weighted by Crippen LogP contribution is -2.00. The van der Waals surface area contributed by atoms with Crippen molar-refractivity contribution >= 4 is 5.69 Å². The molecule has 0 saturated heterocycles. The first-order chi connectivity index (χ1) is 8.83. The Balaban J connectivity index is 1.77. The van der Waals surface area contributed by atoms with Gasteiger partial charge in [0.15, 0.2) is 0 Å². The van der Waals surface area contributed by atoms with Gasteiger partial charge in [0.1, 0.15) is 12.4 Å². The van der Waals surface area contributed by atoms with Crippen LogP contribution in [0.3, 0.4) is 0 Å². The molecular weight excluding hydrogens is 222 g/mol. The average Bonchev–Trinajstić information content (AvgIpc) is 2.84. The van der Waals surface area contributed by atoms with Gasteiger partial charge in [0, 0.05) is 0 Å². The van der Waals surface area contributed by atoms with E-state index in [1.807, 2.05) is 18.2 Å². The van der Waals surface area contributed by atoms with E-state index in [1.165, 1.54) is 17.5 Å². The summed E-state index contributed by atoms with van der Waals surface area (Å²) >= 11 is 0. The number of fused-ring (bicyclic) bond motifs is 1. The largest absolute Gasteiger partial charge is 0.487 e. The topological polar surface area (TPSA) is 35.2 Å². The second-order valence-electron chi connectivity index (χ2n) is 4.79. The van der Waals surface area contributed by atoms with E-state index in [4.69, 9.17) is 10.5 Å². The van der Waals surface area contributed by atoms with E-state index in [0.717, 1.165) is 29.8 Å². The Labute approximate surface area is 107 Å². The van der Waals surface area contributed by atoms with E-state index in [2.05, 4.69) is 24.3 Å². The van der Waals surface area contributed by atoms with Crippen LogP contribution in [0.5, 0.6) is 5.75 Å². The molecule has 0 heterocycles. The highest BCUT2D eigenvalue weighted by Gasteiger charge is 2.14. The maximum atomic E-state index is 6.03. The summed E-state index contributed by atoms with van der Waals surface area (Å²) in [4.78, 5) is 0. The molecule has 18 heavy (non-hydrogen) atoms. The van der Waals surface area contributed by atoms with Crippen LogP contribution in [0.4, 0.5) is 5.69 Å². The molecule has 0 spiro atoms. The van der Waals surface area contributed by atoms with E-state index in [9.17, 15) is 0 Å². The number of benzene rings is 2. The molecule has 0 radical (unpaired) electrons. The van der Waals surface area contributed by atoms with Gasteiger partial charge in [-0.05, 0) is 48.1 Å². The molecule has 0 saturated carbocycles. The third-order valence-corrected chi connectivity index (χ3v) is 3.46. The predicted molar refractivity (Wildman–Crippen MR) is 73.7 cm³/mol. The van der Waals surface area contributed by atoms with Crippen LogP contribution in [-0.2, 0) is 19.4 Å². The van der Waals surface area contributed by atoms with Crippen LogP contribution in [0.2, 0.25) is 0 Å². The zero-order valence-electron chi connectivity index (χ0n) is 10.4. The minimum absolute atomic E-state index is 0.573. The lowest BCUT2D eigenvalue weighted by atomic mass is 10.1. The van der Waals surface area contributed by atoms with Crippen molar-refractivity contribution in [2.24, 2.45) is 0 Å². The van der Waals surface area contributed by atoms with Crippen molar-refractivity contribution in [1.29, 1.82) is 0 Å². The monoisotopic (exact) mass is 239 g/mol. The summed E-state index contributed by atoms with van der Waals surface area (Å²) in [6, 6.07) is 14.3. The van der Waals surface area contributed by atoms with Crippen LogP contribution in [-0.4, -0.2) is 0 Å². The van der Waals surface area contributed by atoms with Crippen LogP contribution in [0.15, 0.2) is 42.5 Å². The number of hydrogen-bond donors (Lipinski definition) is 1. The van der Waals surface area contributed by atoms with Gasteiger partial charge in [-0.3, -0.25) is 0 Å². The normalized spacial score (nSPS) is 13.3. The van der Waals surface area contributed by atoms with Gasteiger partial charge in [0.2, 0.25) is 0 Å². The highest BCUT2D eigenvalue weighted by Crippen LogP contribution is 2.31. The van der Waals surface area contributed by atoms with E-state index in [0.29, 0.717) is 6.61 Å². The van der Waals surface area contributed by atoms with Crippen molar-refractivity contribution in [2.75, 3.05) is 5.73 Å². The second-order valence-corrected chi connectivity index (χ2v) is 4.79. The first-order valence-corrected chi connectivity index (χ1v) is 6.41. The van der Waals surface area contributed by atoms with Crippen LogP contribution in [0.25, 0.3) is 0 Å². The van der Waals surface area contributed by atoms with E-state index in [1.54, 1.807) is 0 Å². The molecule has 2 N–H and O–H groups in total. The van der Waals surface area contributed by atoms with Crippen LogP contribution in [0, 0.1) is 0 Å². The number of anilines is 1. The summed E-state index contributed by atoms with van der Waals surface area (Å²) in [6.45, 7) is 0.573. The maximum Gasteiger partial charge on any atom is 0.142 e. The zero-order valence-corrected chi connectivity index (χ0v) is 10.4. The quantitative estimate of drug-likeness (QED) is 0.834. The molecule has 1 aliphatic carbocycles. The van der Waals surface area contributed by atoms with Gasteiger partial charge in [-0.15, -0.1) is 0 Å². The minimum Gasteiger partial charge on any atom is -0.487 e. The molecule has 0 unspecified atom stereocenters. The van der Waals surface area contributed by atoms with Gasteiger partial charge in [0.05, 0.1) is 5.69 Å². The van der Waals surface area contributed by atoms with Gasteiger partial charge >= 0.3 is 0 Å². The first kappa shape index (κ1) is 11.1. The van der Waals surface area contributed by atoms with Gasteiger partial charge in [-0.1, -0.05) is 30.3 Å². The minimum atomic E-state index is 0.573. The van der Waals surface area contributed by atoms with Gasteiger partial charge in [-0.25, -0.2) is 0 Å². The summed E-state index contributed by atoms with van der Waals surface area (Å²) in [5, 5.41) is 0. The highest BCUT2D eigenvalue weighted by molar-refractivity contribution is 5.58. The van der Waals surface area contributed by atoms with E-state index >= 15 is 0 Å². The molecule has 2 nitrogen and oxygen atoms in total. The number of ether oxygens (including phenoxy) is 1. The first-order valence-electron chi connectivity index (χ1n) is 6.41. The predicted octanol–water partition coefficient (Wildman–Crippen LogP) is 3.34. The summed E-state index contributed by atoms with van der Waals surface area (Å²) in [7, 11) is 0. The van der Waals surface area contributed by atoms with Gasteiger partial charge in [0.25, 0.3) is 0 Å². The second kappa shape index (κ2) is 4.73. The van der Waals surface area contributed by atoms with Crippen LogP contribution >= 0.6 is 0 Å². The van der Waals surface area contributed by atoms with Crippen molar-refractivity contribution in [3.8, 4) is 5.75 Å². The smallest absolute Gasteiger partial charge is 0.142 e. The number of nitrogen functional groups attached to an aromatic ring is 1. The fourth-order valence-corrected chi connectivity index (χ4v) is 2.48. The van der Waals surface area contributed by atoms with E-state index in [-0.39, 0.29) is 0 Å². The number of rotatable bonds is 3. The summed E-state index contributed by atoms with van der Waals surface area (Å²) < 4.78 is 5.82. The molecule has 0 atom stereocenters. The summed E-state index contributed by atoms with van der Waals surface area (Å²) in [5.41, 5.74) is 10.7. The standard InChI is InChI=1S/C16H17NO/c17-15-9-13-7-4-8-14(13)10-16(15)18-11-12-5-2-1-3-6-12/h1-3,5-6,9-10H,4,7-8,11,17H2. The molecule has 2 aromatic carbocycles. The highest BCUT2D eigenvalue weighted by atomic mass is 16.5. The maximum absolute atomic E-state index is 6.03.